The van der Waals surface area contributed by atoms with Crippen molar-refractivity contribution in [1.82, 2.24) is 9.97 Å². The molecule has 7 nitrogen and oxygen atoms in total. The monoisotopic (exact) mass is 393 g/mol. The Balaban J connectivity index is 1.71. The van der Waals surface area contributed by atoms with E-state index in [4.69, 9.17) is 4.42 Å². The lowest BCUT2D eigenvalue weighted by molar-refractivity contribution is 0.102. The van der Waals surface area contributed by atoms with Crippen LogP contribution in [0.4, 0.5) is 23.0 Å². The van der Waals surface area contributed by atoms with Crippen LogP contribution >= 0.6 is 0 Å². The quantitative estimate of drug-likeness (QED) is 0.598. The number of aryl methyl sites for hydroxylation is 3. The second kappa shape index (κ2) is 8.77. The number of nitrogens with one attached hydrogen (secondary N) is 2. The van der Waals surface area contributed by atoms with Crippen molar-refractivity contribution < 1.29 is 9.21 Å². The van der Waals surface area contributed by atoms with Crippen molar-refractivity contribution in [2.24, 2.45) is 0 Å². The van der Waals surface area contributed by atoms with Gasteiger partial charge >= 0.3 is 0 Å². The van der Waals surface area contributed by atoms with Gasteiger partial charge in [-0.1, -0.05) is 0 Å². The van der Waals surface area contributed by atoms with E-state index in [0.717, 1.165) is 36.2 Å². The zero-order valence-electron chi connectivity index (χ0n) is 17.5. The average molecular weight is 393 g/mol. The van der Waals surface area contributed by atoms with Crippen molar-refractivity contribution >= 4 is 28.9 Å². The smallest absolute Gasteiger partial charge is 0.259 e. The molecule has 0 unspecified atom stereocenters. The number of hydrogen-bond donors (Lipinski definition) is 2. The Morgan fingerprint density at radius 1 is 1.00 bits per heavy atom. The number of hydrogen-bond acceptors (Lipinski definition) is 6. The number of aromatic nitrogens is 2. The van der Waals surface area contributed by atoms with E-state index in [1.165, 1.54) is 0 Å². The Morgan fingerprint density at radius 3 is 2.24 bits per heavy atom. The highest BCUT2D eigenvalue weighted by molar-refractivity contribution is 6.05. The van der Waals surface area contributed by atoms with E-state index >= 15 is 0 Å². The fourth-order valence-corrected chi connectivity index (χ4v) is 3.17. The third kappa shape index (κ3) is 4.93. The molecule has 29 heavy (non-hydrogen) atoms. The van der Waals surface area contributed by atoms with E-state index in [2.05, 4.69) is 39.3 Å². The van der Waals surface area contributed by atoms with Gasteiger partial charge < -0.3 is 20.0 Å². The molecule has 0 fully saturated rings. The fourth-order valence-electron chi connectivity index (χ4n) is 3.17. The van der Waals surface area contributed by atoms with Crippen LogP contribution in [0.2, 0.25) is 0 Å². The third-order valence-electron chi connectivity index (χ3n) is 4.61. The van der Waals surface area contributed by atoms with Crippen LogP contribution in [-0.2, 0) is 0 Å². The Morgan fingerprint density at radius 2 is 1.66 bits per heavy atom. The minimum absolute atomic E-state index is 0.185. The van der Waals surface area contributed by atoms with E-state index in [1.54, 1.807) is 13.0 Å². The summed E-state index contributed by atoms with van der Waals surface area (Å²) in [5.74, 6) is 3.50. The predicted octanol–water partition coefficient (Wildman–Crippen LogP) is 4.84. The third-order valence-corrected chi connectivity index (χ3v) is 4.61. The van der Waals surface area contributed by atoms with Gasteiger partial charge in [0.2, 0.25) is 0 Å². The topological polar surface area (TPSA) is 83.3 Å². The first-order valence-corrected chi connectivity index (χ1v) is 9.75. The fraction of sp³-hybridized carbons (Fsp3) is 0.318. The lowest BCUT2D eigenvalue weighted by Crippen LogP contribution is -2.23. The first-order valence-electron chi connectivity index (χ1n) is 9.75. The summed E-state index contributed by atoms with van der Waals surface area (Å²) in [7, 11) is 0. The number of benzene rings is 1. The second-order valence-corrected chi connectivity index (χ2v) is 6.81. The molecule has 2 aromatic heterocycles. The molecule has 0 radical (unpaired) electrons. The van der Waals surface area contributed by atoms with Gasteiger partial charge in [-0.25, -0.2) is 9.97 Å². The molecule has 0 aliphatic rings. The van der Waals surface area contributed by atoms with Gasteiger partial charge in [-0.05, 0) is 65.0 Å². The first kappa shape index (κ1) is 20.4. The molecule has 0 aliphatic carbocycles. The zero-order chi connectivity index (χ0) is 21.0. The Hall–Kier alpha value is -3.35. The highest BCUT2D eigenvalue weighted by Gasteiger charge is 2.13. The highest BCUT2D eigenvalue weighted by Crippen LogP contribution is 2.22. The Bertz CT molecular complexity index is 991. The maximum atomic E-state index is 12.4. The highest BCUT2D eigenvalue weighted by atomic mass is 16.3. The summed E-state index contributed by atoms with van der Waals surface area (Å²) in [5, 5.41) is 6.20. The van der Waals surface area contributed by atoms with Crippen molar-refractivity contribution in [1.29, 1.82) is 0 Å². The van der Waals surface area contributed by atoms with Crippen LogP contribution in [0, 0.1) is 20.8 Å². The molecule has 0 spiro atoms. The van der Waals surface area contributed by atoms with Crippen LogP contribution in [0.1, 0.15) is 41.6 Å². The first-order chi connectivity index (χ1) is 13.9. The van der Waals surface area contributed by atoms with E-state index in [-0.39, 0.29) is 5.91 Å². The summed E-state index contributed by atoms with van der Waals surface area (Å²) in [5.41, 5.74) is 2.13. The van der Waals surface area contributed by atoms with Crippen molar-refractivity contribution in [3.8, 4) is 0 Å². The van der Waals surface area contributed by atoms with E-state index in [9.17, 15) is 4.79 Å². The minimum atomic E-state index is -0.185. The largest absolute Gasteiger partial charge is 0.466 e. The Labute approximate surface area is 171 Å². The van der Waals surface area contributed by atoms with Gasteiger partial charge in [0.1, 0.15) is 29.0 Å². The predicted molar refractivity (Wildman–Crippen MR) is 116 cm³/mol. The molecule has 2 N–H and O–H groups in total. The SMILES string of the molecule is CCN(CC)c1cc(Nc2ccc(NC(=O)c3cc(C)oc3C)cc2)nc(C)n1. The second-order valence-electron chi connectivity index (χ2n) is 6.81. The molecule has 7 heteroatoms. The van der Waals surface area contributed by atoms with Gasteiger partial charge in [-0.2, -0.15) is 0 Å². The lowest BCUT2D eigenvalue weighted by atomic mass is 10.2. The maximum Gasteiger partial charge on any atom is 0.259 e. The maximum absolute atomic E-state index is 12.4. The standard InChI is InChI=1S/C22H27N5O2/c1-6-27(7-2)21-13-20(23-16(5)24-21)25-17-8-10-18(11-9-17)26-22(28)19-12-14(3)29-15(19)4/h8-13H,6-7H2,1-5H3,(H,26,28)(H,23,24,25). The number of nitrogens with zero attached hydrogens (tertiary/aromatic N) is 3. The van der Waals surface area contributed by atoms with Crippen LogP contribution in [0.3, 0.4) is 0 Å². The number of furan rings is 1. The number of anilines is 4. The van der Waals surface area contributed by atoms with Crippen LogP contribution in [0.25, 0.3) is 0 Å². The molecule has 0 aliphatic heterocycles. The molecule has 0 saturated carbocycles. The van der Waals surface area contributed by atoms with Gasteiger partial charge in [0.25, 0.3) is 5.91 Å². The summed E-state index contributed by atoms with van der Waals surface area (Å²) < 4.78 is 5.42. The van der Waals surface area contributed by atoms with Crippen LogP contribution in [-0.4, -0.2) is 29.0 Å². The van der Waals surface area contributed by atoms with E-state index in [0.29, 0.717) is 22.8 Å². The molecular weight excluding hydrogens is 366 g/mol. The van der Waals surface area contributed by atoms with Gasteiger partial charge in [0, 0.05) is 30.5 Å². The normalized spacial score (nSPS) is 10.7. The molecule has 2 heterocycles. The summed E-state index contributed by atoms with van der Waals surface area (Å²) in [6.45, 7) is 11.5. The van der Waals surface area contributed by atoms with Gasteiger partial charge in [-0.3, -0.25) is 4.79 Å². The zero-order valence-corrected chi connectivity index (χ0v) is 17.5. The summed E-state index contributed by atoms with van der Waals surface area (Å²) in [6, 6.07) is 11.2. The summed E-state index contributed by atoms with van der Waals surface area (Å²) >= 11 is 0. The number of amides is 1. The molecule has 0 bridgehead atoms. The molecule has 0 atom stereocenters. The molecule has 3 rings (SSSR count). The summed E-state index contributed by atoms with van der Waals surface area (Å²) in [6.07, 6.45) is 0. The van der Waals surface area contributed by atoms with Crippen LogP contribution in [0.5, 0.6) is 0 Å². The molecule has 1 aromatic carbocycles. The minimum Gasteiger partial charge on any atom is -0.466 e. The molecule has 0 saturated heterocycles. The van der Waals surface area contributed by atoms with Crippen molar-refractivity contribution in [2.45, 2.75) is 34.6 Å². The molecular formula is C22H27N5O2. The summed E-state index contributed by atoms with van der Waals surface area (Å²) in [4.78, 5) is 23.6. The van der Waals surface area contributed by atoms with E-state index < -0.39 is 0 Å². The van der Waals surface area contributed by atoms with Gasteiger partial charge in [0.15, 0.2) is 0 Å². The number of rotatable bonds is 7. The lowest BCUT2D eigenvalue weighted by Gasteiger charge is -2.20. The molecule has 152 valence electrons. The molecule has 1 amide bonds. The average Bonchev–Trinajstić information content (AvgIpc) is 3.02. The van der Waals surface area contributed by atoms with E-state index in [1.807, 2.05) is 44.2 Å². The Kier molecular flexibility index (Phi) is 6.16. The van der Waals surface area contributed by atoms with Gasteiger partial charge in [-0.15, -0.1) is 0 Å². The number of carbonyl (C=O) groups is 1. The van der Waals surface area contributed by atoms with Gasteiger partial charge in [0.05, 0.1) is 5.56 Å². The van der Waals surface area contributed by atoms with Crippen LogP contribution in [0.15, 0.2) is 40.8 Å². The van der Waals surface area contributed by atoms with Crippen molar-refractivity contribution in [3.05, 3.63) is 59.3 Å². The van der Waals surface area contributed by atoms with Crippen LogP contribution < -0.4 is 15.5 Å². The van der Waals surface area contributed by atoms with Crippen molar-refractivity contribution in [3.63, 3.8) is 0 Å². The number of carbonyl (C=O) groups excluding carboxylic acids is 1. The molecule has 3 aromatic rings. The van der Waals surface area contributed by atoms with Crippen molar-refractivity contribution in [2.75, 3.05) is 28.6 Å².